The van der Waals surface area contributed by atoms with Crippen molar-refractivity contribution in [3.05, 3.63) is 0 Å². The van der Waals surface area contributed by atoms with Crippen LogP contribution in [0.3, 0.4) is 0 Å². The van der Waals surface area contributed by atoms with E-state index >= 15 is 0 Å². The molecule has 2 N–H and O–H groups in total. The maximum Gasteiger partial charge on any atom is 0.222 e. The molecule has 6 heteroatoms. The molecule has 0 unspecified atom stereocenters. The number of nitrogens with one attached hydrogen (secondary N) is 2. The summed E-state index contributed by atoms with van der Waals surface area (Å²) in [5.74, 6) is 1.67. The Kier molecular flexibility index (Phi) is 8.89. The van der Waals surface area contributed by atoms with E-state index in [9.17, 15) is 4.79 Å². The van der Waals surface area contributed by atoms with E-state index in [0.717, 1.165) is 31.6 Å². The van der Waals surface area contributed by atoms with Gasteiger partial charge in [0, 0.05) is 39.2 Å². The molecule has 22 heavy (non-hydrogen) atoms. The van der Waals surface area contributed by atoms with E-state index in [0.29, 0.717) is 19.6 Å². The maximum absolute atomic E-state index is 11.6. The number of guanidine groups is 1. The highest BCUT2D eigenvalue weighted by molar-refractivity contribution is 5.80. The Morgan fingerprint density at radius 1 is 1.41 bits per heavy atom. The number of nitrogens with zero attached hydrogens (tertiary/aromatic N) is 2. The summed E-state index contributed by atoms with van der Waals surface area (Å²) in [6.07, 6.45) is 3.05. The molecule has 0 aromatic rings. The minimum atomic E-state index is 0.0463. The number of likely N-dealkylation sites (N-methyl/N-ethyl adjacent to an activating group) is 1. The molecule has 0 atom stereocenters. The summed E-state index contributed by atoms with van der Waals surface area (Å²) in [4.78, 5) is 18.2. The van der Waals surface area contributed by atoms with Crippen LogP contribution < -0.4 is 10.6 Å². The first-order valence-electron chi connectivity index (χ1n) is 8.39. The van der Waals surface area contributed by atoms with Crippen molar-refractivity contribution in [2.24, 2.45) is 10.9 Å². The first-order chi connectivity index (χ1) is 10.5. The van der Waals surface area contributed by atoms with E-state index in [-0.39, 0.29) is 11.9 Å². The van der Waals surface area contributed by atoms with Crippen LogP contribution in [0.5, 0.6) is 0 Å². The second-order valence-corrected chi connectivity index (χ2v) is 6.15. The van der Waals surface area contributed by atoms with Gasteiger partial charge in [-0.3, -0.25) is 9.79 Å². The van der Waals surface area contributed by atoms with Gasteiger partial charge in [0.1, 0.15) is 0 Å². The molecule has 0 aromatic heterocycles. The summed E-state index contributed by atoms with van der Waals surface area (Å²) in [7, 11) is 2.00. The average Bonchev–Trinajstić information content (AvgIpc) is 3.25. The van der Waals surface area contributed by atoms with E-state index in [2.05, 4.69) is 20.5 Å². The molecule has 0 bridgehead atoms. The SMILES string of the molecule is CCNC(=NCCC(=O)NC(C)C)N(C)CCOCC1CC1. The van der Waals surface area contributed by atoms with Crippen molar-refractivity contribution in [2.45, 2.75) is 46.1 Å². The van der Waals surface area contributed by atoms with Crippen LogP contribution in [0.25, 0.3) is 0 Å². The predicted octanol–water partition coefficient (Wildman–Crippen LogP) is 1.23. The van der Waals surface area contributed by atoms with Crippen LogP contribution in [0.1, 0.15) is 40.0 Å². The van der Waals surface area contributed by atoms with Gasteiger partial charge in [0.2, 0.25) is 5.91 Å². The van der Waals surface area contributed by atoms with Crippen molar-refractivity contribution < 1.29 is 9.53 Å². The number of ether oxygens (including phenoxy) is 1. The third kappa shape index (κ3) is 8.87. The number of hydrogen-bond donors (Lipinski definition) is 2. The maximum atomic E-state index is 11.6. The number of amides is 1. The molecule has 1 fully saturated rings. The molecular formula is C16H32N4O2. The second kappa shape index (κ2) is 10.4. The van der Waals surface area contributed by atoms with Gasteiger partial charge in [0.25, 0.3) is 0 Å². The molecule has 0 heterocycles. The lowest BCUT2D eigenvalue weighted by Crippen LogP contribution is -2.41. The zero-order valence-corrected chi connectivity index (χ0v) is 14.5. The van der Waals surface area contributed by atoms with E-state index in [1.165, 1.54) is 12.8 Å². The monoisotopic (exact) mass is 312 g/mol. The average molecular weight is 312 g/mol. The van der Waals surface area contributed by atoms with Gasteiger partial charge in [-0.05, 0) is 39.5 Å². The first-order valence-corrected chi connectivity index (χ1v) is 8.39. The van der Waals surface area contributed by atoms with Gasteiger partial charge in [-0.15, -0.1) is 0 Å². The van der Waals surface area contributed by atoms with Crippen LogP contribution in [0.4, 0.5) is 0 Å². The van der Waals surface area contributed by atoms with Gasteiger partial charge in [0.15, 0.2) is 5.96 Å². The van der Waals surface area contributed by atoms with Crippen molar-refractivity contribution in [3.8, 4) is 0 Å². The molecule has 0 aliphatic heterocycles. The van der Waals surface area contributed by atoms with Crippen LogP contribution in [-0.2, 0) is 9.53 Å². The Bertz CT molecular complexity index is 354. The van der Waals surface area contributed by atoms with Crippen LogP contribution in [0.15, 0.2) is 4.99 Å². The Morgan fingerprint density at radius 2 is 2.14 bits per heavy atom. The van der Waals surface area contributed by atoms with Crippen LogP contribution in [0.2, 0.25) is 0 Å². The third-order valence-electron chi connectivity index (χ3n) is 3.37. The molecule has 1 amide bonds. The number of aliphatic imine (C=N–C) groups is 1. The topological polar surface area (TPSA) is 66.0 Å². The zero-order valence-electron chi connectivity index (χ0n) is 14.5. The fourth-order valence-corrected chi connectivity index (χ4v) is 1.97. The van der Waals surface area contributed by atoms with Crippen molar-refractivity contribution in [2.75, 3.05) is 39.9 Å². The summed E-state index contributed by atoms with van der Waals surface area (Å²) >= 11 is 0. The Hall–Kier alpha value is -1.30. The Labute approximate surface area is 134 Å². The highest BCUT2D eigenvalue weighted by Crippen LogP contribution is 2.28. The number of hydrogen-bond acceptors (Lipinski definition) is 3. The Balaban J connectivity index is 2.27. The molecule has 1 rings (SSSR count). The van der Waals surface area contributed by atoms with Crippen LogP contribution in [-0.4, -0.2) is 62.7 Å². The molecule has 0 saturated heterocycles. The first kappa shape index (κ1) is 18.7. The van der Waals surface area contributed by atoms with Crippen molar-refractivity contribution >= 4 is 11.9 Å². The molecule has 1 aliphatic carbocycles. The molecule has 128 valence electrons. The third-order valence-corrected chi connectivity index (χ3v) is 3.37. The van der Waals surface area contributed by atoms with E-state index in [1.54, 1.807) is 0 Å². The van der Waals surface area contributed by atoms with E-state index < -0.39 is 0 Å². The lowest BCUT2D eigenvalue weighted by atomic mass is 10.3. The summed E-state index contributed by atoms with van der Waals surface area (Å²) in [6.45, 7) is 9.66. The zero-order chi connectivity index (χ0) is 16.4. The predicted molar refractivity (Wildman–Crippen MR) is 90.0 cm³/mol. The lowest BCUT2D eigenvalue weighted by molar-refractivity contribution is -0.121. The highest BCUT2D eigenvalue weighted by atomic mass is 16.5. The molecular weight excluding hydrogens is 280 g/mol. The van der Waals surface area contributed by atoms with Gasteiger partial charge >= 0.3 is 0 Å². The summed E-state index contributed by atoms with van der Waals surface area (Å²) in [5, 5.41) is 6.12. The largest absolute Gasteiger partial charge is 0.379 e. The van der Waals surface area contributed by atoms with Gasteiger partial charge in [-0.25, -0.2) is 0 Å². The minimum absolute atomic E-state index is 0.0463. The molecule has 1 saturated carbocycles. The summed E-state index contributed by atoms with van der Waals surface area (Å²) in [5.41, 5.74) is 0. The number of rotatable bonds is 10. The van der Waals surface area contributed by atoms with Crippen molar-refractivity contribution in [1.29, 1.82) is 0 Å². The Morgan fingerprint density at radius 3 is 2.73 bits per heavy atom. The molecule has 0 aromatic carbocycles. The number of carbonyl (C=O) groups is 1. The highest BCUT2D eigenvalue weighted by Gasteiger charge is 2.21. The van der Waals surface area contributed by atoms with Crippen molar-refractivity contribution in [1.82, 2.24) is 15.5 Å². The summed E-state index contributed by atoms with van der Waals surface area (Å²) in [6, 6.07) is 0.177. The van der Waals surface area contributed by atoms with E-state index in [4.69, 9.17) is 4.74 Å². The minimum Gasteiger partial charge on any atom is -0.379 e. The van der Waals surface area contributed by atoms with Gasteiger partial charge in [-0.1, -0.05) is 0 Å². The fraction of sp³-hybridized carbons (Fsp3) is 0.875. The quantitative estimate of drug-likeness (QED) is 0.362. The van der Waals surface area contributed by atoms with E-state index in [1.807, 2.05) is 27.8 Å². The molecule has 1 aliphatic rings. The normalized spacial score (nSPS) is 15.0. The molecule has 6 nitrogen and oxygen atoms in total. The van der Waals surface area contributed by atoms with Gasteiger partial charge < -0.3 is 20.3 Å². The molecule has 0 radical (unpaired) electrons. The van der Waals surface area contributed by atoms with Crippen LogP contribution in [0, 0.1) is 5.92 Å². The standard InChI is InChI=1S/C16H32N4O2/c1-5-17-16(18-9-8-15(21)19-13(2)3)20(4)10-11-22-12-14-6-7-14/h13-14H,5-12H2,1-4H3,(H,17,18)(H,19,21). The second-order valence-electron chi connectivity index (χ2n) is 6.15. The fourth-order valence-electron chi connectivity index (χ4n) is 1.97. The van der Waals surface area contributed by atoms with Crippen LogP contribution >= 0.6 is 0 Å². The number of carbonyl (C=O) groups excluding carboxylic acids is 1. The summed E-state index contributed by atoms with van der Waals surface area (Å²) < 4.78 is 5.65. The smallest absolute Gasteiger partial charge is 0.222 e. The van der Waals surface area contributed by atoms with Crippen molar-refractivity contribution in [3.63, 3.8) is 0 Å². The van der Waals surface area contributed by atoms with Gasteiger partial charge in [0.05, 0.1) is 13.2 Å². The van der Waals surface area contributed by atoms with Gasteiger partial charge in [-0.2, -0.15) is 0 Å². The lowest BCUT2D eigenvalue weighted by Gasteiger charge is -2.22. The molecule has 0 spiro atoms.